The zero-order chi connectivity index (χ0) is 22.3. The number of alkyl carbamates (subject to hydrolysis) is 1. The average molecular weight is 448 g/mol. The fraction of sp³-hybridized carbons (Fsp3) is 0.913. The first-order chi connectivity index (χ1) is 14.5. The summed E-state index contributed by atoms with van der Waals surface area (Å²) in [4.78, 5) is 15.1. The molecule has 1 heterocycles. The second-order valence-corrected chi connectivity index (χ2v) is 12.1. The maximum Gasteiger partial charge on any atom is 0.478 e. The van der Waals surface area contributed by atoms with Crippen LogP contribution in [0.2, 0.25) is 0 Å². The highest BCUT2D eigenvalue weighted by Gasteiger charge is 2.93. The van der Waals surface area contributed by atoms with Gasteiger partial charge in [0.25, 0.3) is 0 Å². The van der Waals surface area contributed by atoms with Crippen LogP contribution >= 0.6 is 12.2 Å². The van der Waals surface area contributed by atoms with E-state index in [2.05, 4.69) is 19.2 Å². The van der Waals surface area contributed by atoms with Gasteiger partial charge in [0.15, 0.2) is 0 Å². The fourth-order valence-corrected chi connectivity index (χ4v) is 8.06. The van der Waals surface area contributed by atoms with Gasteiger partial charge in [-0.25, -0.2) is 4.79 Å². The number of nitrogens with zero attached hydrogens (tertiary/aromatic N) is 1. The molecule has 4 saturated carbocycles. The predicted molar refractivity (Wildman–Crippen MR) is 124 cm³/mol. The van der Waals surface area contributed by atoms with Crippen LogP contribution in [-0.2, 0) is 14.0 Å². The highest BCUT2D eigenvalue weighted by Crippen LogP contribution is 2.92. The largest absolute Gasteiger partial charge is 0.478 e. The van der Waals surface area contributed by atoms with Gasteiger partial charge >= 0.3 is 13.2 Å². The summed E-state index contributed by atoms with van der Waals surface area (Å²) >= 11 is 5.80. The summed E-state index contributed by atoms with van der Waals surface area (Å²) < 4.78 is 18.5. The van der Waals surface area contributed by atoms with Gasteiger partial charge in [-0.1, -0.05) is 32.0 Å². The summed E-state index contributed by atoms with van der Waals surface area (Å²) in [5, 5.41) is 2.99. The predicted octanol–water partition coefficient (Wildman–Crippen LogP) is 3.82. The summed E-state index contributed by atoms with van der Waals surface area (Å²) in [6.45, 7) is 10.1. The van der Waals surface area contributed by atoms with Gasteiger partial charge in [-0.2, -0.15) is 0 Å². The molecular formula is C23H37BN2O4S. The summed E-state index contributed by atoms with van der Waals surface area (Å²) in [6.07, 6.45) is 6.06. The Hall–Kier alpha value is -0.855. The van der Waals surface area contributed by atoms with E-state index in [0.717, 1.165) is 37.0 Å². The Kier molecular flexibility index (Phi) is 5.01. The normalized spacial score (nSPS) is 41.9. The molecule has 5 fully saturated rings. The molecule has 8 atom stereocenters. The lowest BCUT2D eigenvalue weighted by Gasteiger charge is -2.94. The minimum atomic E-state index is -0.536. The van der Waals surface area contributed by atoms with Gasteiger partial charge in [-0.05, 0) is 70.1 Å². The fourth-order valence-electron chi connectivity index (χ4n) is 7.81. The number of fused-ring (bicyclic) bond motifs is 2. The van der Waals surface area contributed by atoms with E-state index in [1.54, 1.807) is 0 Å². The lowest BCUT2D eigenvalue weighted by molar-refractivity contribution is -0.497. The third-order valence-corrected chi connectivity index (χ3v) is 9.51. The van der Waals surface area contributed by atoms with Crippen LogP contribution < -0.4 is 5.32 Å². The lowest BCUT2D eigenvalue weighted by Crippen LogP contribution is -2.97. The molecule has 172 valence electrons. The van der Waals surface area contributed by atoms with Gasteiger partial charge in [-0.15, -0.1) is 0 Å². The van der Waals surface area contributed by atoms with Crippen molar-refractivity contribution in [2.24, 2.45) is 29.1 Å². The van der Waals surface area contributed by atoms with E-state index in [1.807, 2.05) is 32.7 Å². The Balaban J connectivity index is 1.20. The minimum absolute atomic E-state index is 0.0140. The number of nitrogens with one attached hydrogen (secondary N) is 1. The third-order valence-electron chi connectivity index (χ3n) is 8.91. The minimum Gasteiger partial charge on any atom is -0.444 e. The van der Waals surface area contributed by atoms with E-state index >= 15 is 0 Å². The molecule has 1 saturated heterocycles. The molecule has 8 heteroatoms. The Morgan fingerprint density at radius 2 is 2.13 bits per heavy atom. The second-order valence-electron chi connectivity index (χ2n) is 11.7. The van der Waals surface area contributed by atoms with E-state index in [0.29, 0.717) is 28.9 Å². The number of rotatable bonds is 7. The first kappa shape index (κ1) is 22.0. The van der Waals surface area contributed by atoms with Gasteiger partial charge in [-0.3, -0.25) is 0 Å². The number of hydrogen-bond donors (Lipinski definition) is 1. The highest BCUT2D eigenvalue weighted by molar-refractivity contribution is 7.80. The average Bonchev–Trinajstić information content (AvgIpc) is 2.62. The maximum atomic E-state index is 12.4. The number of likely N-dealkylation sites (N-methyl/N-ethyl adjacent to an activating group) is 1. The van der Waals surface area contributed by atoms with Crippen molar-refractivity contribution in [3.8, 4) is 0 Å². The lowest BCUT2D eigenvalue weighted by atomic mass is 9.13. The molecule has 0 aromatic carbocycles. The zero-order valence-electron chi connectivity index (χ0n) is 19.8. The van der Waals surface area contributed by atoms with Crippen molar-refractivity contribution in [1.82, 2.24) is 10.2 Å². The molecule has 0 bridgehead atoms. The van der Waals surface area contributed by atoms with Crippen LogP contribution in [-0.4, -0.2) is 59.9 Å². The third kappa shape index (κ3) is 2.96. The van der Waals surface area contributed by atoms with Crippen molar-refractivity contribution in [2.45, 2.75) is 90.1 Å². The van der Waals surface area contributed by atoms with Crippen molar-refractivity contribution in [3.63, 3.8) is 0 Å². The molecule has 4 aliphatic carbocycles. The number of carbonyl (C=O) groups is 1. The molecule has 0 radical (unpaired) electrons. The molecule has 1 N–H and O–H groups in total. The van der Waals surface area contributed by atoms with E-state index in [-0.39, 0.29) is 18.8 Å². The topological polar surface area (TPSA) is 60.0 Å². The second kappa shape index (κ2) is 7.07. The summed E-state index contributed by atoms with van der Waals surface area (Å²) in [5.41, 5.74) is 0.0551. The monoisotopic (exact) mass is 448 g/mol. The van der Waals surface area contributed by atoms with Gasteiger partial charge in [0.05, 0.1) is 24.2 Å². The van der Waals surface area contributed by atoms with E-state index in [4.69, 9.17) is 26.3 Å². The number of carbonyl (C=O) groups excluding carboxylic acids is 1. The number of amides is 1. The molecule has 0 aromatic rings. The number of thiocarbonyl (C=S) groups is 1. The van der Waals surface area contributed by atoms with Gasteiger partial charge in [0.2, 0.25) is 0 Å². The first-order valence-corrected chi connectivity index (χ1v) is 12.5. The van der Waals surface area contributed by atoms with Crippen LogP contribution in [0.3, 0.4) is 0 Å². The Morgan fingerprint density at radius 3 is 2.77 bits per heavy atom. The SMILES string of the molecule is CCCCC(NC(=O)OC(C)(C)C)C(=S)N(C)CB1OC2C3CC4CC5C(C)(O1)C2C435. The molecule has 1 amide bonds. The van der Waals surface area contributed by atoms with Crippen LogP contribution in [0.1, 0.15) is 66.7 Å². The Labute approximate surface area is 192 Å². The number of hydrogen-bond acceptors (Lipinski definition) is 5. The van der Waals surface area contributed by atoms with Crippen molar-refractivity contribution >= 4 is 30.4 Å². The molecule has 1 aliphatic heterocycles. The van der Waals surface area contributed by atoms with Gasteiger partial charge in [0, 0.05) is 13.0 Å². The van der Waals surface area contributed by atoms with Gasteiger partial charge < -0.3 is 24.3 Å². The van der Waals surface area contributed by atoms with Gasteiger partial charge in [0.1, 0.15) is 10.6 Å². The standard InChI is InChI=1S/C23H37BN2O4S/c1-7-8-9-15(25-20(27)28-21(2,3)4)19(31)26(6)12-24-29-17-14-10-13-11-16-22(5,30-24)18(17)23(13,14)16/h13-18H,7-12H2,1-6H3,(H,25,27). The molecule has 0 aromatic heterocycles. The quantitative estimate of drug-likeness (QED) is 0.472. The smallest absolute Gasteiger partial charge is 0.444 e. The van der Waals surface area contributed by atoms with Crippen LogP contribution in [0.4, 0.5) is 4.79 Å². The highest BCUT2D eigenvalue weighted by atomic mass is 32.1. The molecule has 6 nitrogen and oxygen atoms in total. The summed E-state index contributed by atoms with van der Waals surface area (Å²) in [5.74, 6) is 3.07. The van der Waals surface area contributed by atoms with Crippen LogP contribution in [0.5, 0.6) is 0 Å². The van der Waals surface area contributed by atoms with E-state index in [9.17, 15) is 4.79 Å². The molecule has 31 heavy (non-hydrogen) atoms. The number of unbranched alkanes of at least 4 members (excludes halogenated alkanes) is 1. The molecule has 5 aliphatic rings. The Bertz CT molecular complexity index is 790. The van der Waals surface area contributed by atoms with E-state index in [1.165, 1.54) is 12.8 Å². The van der Waals surface area contributed by atoms with Crippen molar-refractivity contribution in [2.75, 3.05) is 13.5 Å². The van der Waals surface area contributed by atoms with Crippen molar-refractivity contribution < 1.29 is 18.8 Å². The van der Waals surface area contributed by atoms with Crippen molar-refractivity contribution in [1.29, 1.82) is 0 Å². The van der Waals surface area contributed by atoms with Crippen LogP contribution in [0.25, 0.3) is 0 Å². The molecular weight excluding hydrogens is 411 g/mol. The summed E-state index contributed by atoms with van der Waals surface area (Å²) in [6, 6.07) is -0.235. The Morgan fingerprint density at radius 1 is 1.39 bits per heavy atom. The van der Waals surface area contributed by atoms with Crippen LogP contribution in [0, 0.1) is 29.1 Å². The zero-order valence-corrected chi connectivity index (χ0v) is 20.6. The molecule has 1 spiro atoms. The first-order valence-electron chi connectivity index (χ1n) is 12.1. The van der Waals surface area contributed by atoms with Crippen LogP contribution in [0.15, 0.2) is 0 Å². The van der Waals surface area contributed by atoms with Crippen molar-refractivity contribution in [3.05, 3.63) is 0 Å². The maximum absolute atomic E-state index is 12.4. The summed E-state index contributed by atoms with van der Waals surface area (Å²) in [7, 11) is 1.72. The number of ether oxygens (including phenoxy) is 1. The van der Waals surface area contributed by atoms with E-state index < -0.39 is 11.7 Å². The molecule has 8 unspecified atom stereocenters. The molecule has 5 rings (SSSR count).